The van der Waals surface area contributed by atoms with Crippen LogP contribution in [-0.2, 0) is 35.9 Å². The van der Waals surface area contributed by atoms with Gasteiger partial charge in [-0.1, -0.05) is 62.4 Å². The fourth-order valence-electron chi connectivity index (χ4n) is 8.04. The van der Waals surface area contributed by atoms with E-state index in [2.05, 4.69) is 85.7 Å². The van der Waals surface area contributed by atoms with Gasteiger partial charge in [-0.3, -0.25) is 13.9 Å². The largest absolute Gasteiger partial charge is 0.481 e. The lowest BCUT2D eigenvalue weighted by atomic mass is 9.81. The molecule has 2 aliphatic heterocycles. The molecular formula is C42H55N2O8S3+. The Balaban J connectivity index is 1.52. The number of nitrogens with zero attached hydrogens (tertiary/aromatic N) is 2. The second-order valence-corrected chi connectivity index (χ2v) is 19.8. The van der Waals surface area contributed by atoms with E-state index in [1.165, 1.54) is 22.3 Å². The van der Waals surface area contributed by atoms with E-state index in [1.807, 2.05) is 24.3 Å². The number of carboxylic acids is 1. The SMILES string of the molecule is CC1(C)C(/C=C/C2=C(SCCCC(=O)O)C(=C/C=C3/N(CCCCS(=O)(=O)O)c4ccccc4C3(C)C)/CCC2)=[N+](CCCCS(=O)(=O)O)c2ccccc21. The summed E-state index contributed by atoms with van der Waals surface area (Å²) in [5, 5.41) is 9.35. The van der Waals surface area contributed by atoms with E-state index in [-0.39, 0.29) is 28.8 Å². The van der Waals surface area contributed by atoms with E-state index in [1.54, 1.807) is 11.8 Å². The number of carbonyl (C=O) groups is 1. The fraction of sp³-hybridized carbons (Fsp3) is 0.476. The molecule has 0 amide bonds. The average Bonchev–Trinajstić information content (AvgIpc) is 3.46. The van der Waals surface area contributed by atoms with Crippen LogP contribution in [0.3, 0.4) is 0 Å². The van der Waals surface area contributed by atoms with E-state index < -0.39 is 26.2 Å². The zero-order chi connectivity index (χ0) is 40.0. The third kappa shape index (κ3) is 10.7. The van der Waals surface area contributed by atoms with Crippen molar-refractivity contribution >= 4 is 55.1 Å². The maximum absolute atomic E-state index is 11.4. The first-order valence-corrected chi connectivity index (χ1v) is 23.3. The van der Waals surface area contributed by atoms with Crippen molar-refractivity contribution in [2.24, 2.45) is 0 Å². The van der Waals surface area contributed by atoms with Gasteiger partial charge in [-0.25, -0.2) is 0 Å². The molecule has 1 aliphatic carbocycles. The number of aliphatic carboxylic acids is 1. The Bertz CT molecular complexity index is 2140. The van der Waals surface area contributed by atoms with Gasteiger partial charge in [-0.2, -0.15) is 21.4 Å². The van der Waals surface area contributed by atoms with Gasteiger partial charge in [0.2, 0.25) is 5.69 Å². The van der Waals surface area contributed by atoms with E-state index >= 15 is 0 Å². The highest BCUT2D eigenvalue weighted by Crippen LogP contribution is 2.48. The number of rotatable bonds is 18. The van der Waals surface area contributed by atoms with Gasteiger partial charge in [-0.05, 0) is 93.4 Å². The van der Waals surface area contributed by atoms with E-state index in [9.17, 15) is 35.8 Å². The van der Waals surface area contributed by atoms with Gasteiger partial charge in [0, 0.05) is 58.8 Å². The van der Waals surface area contributed by atoms with Gasteiger partial charge in [0.05, 0.1) is 16.9 Å². The Morgan fingerprint density at radius 2 is 1.47 bits per heavy atom. The van der Waals surface area contributed by atoms with Crippen molar-refractivity contribution < 1.29 is 40.4 Å². The fourth-order valence-corrected chi connectivity index (χ4v) is 10.4. The minimum atomic E-state index is -4.03. The lowest BCUT2D eigenvalue weighted by Gasteiger charge is -2.27. The Morgan fingerprint density at radius 3 is 2.16 bits per heavy atom. The minimum absolute atomic E-state index is 0.102. The molecule has 0 spiro atoms. The van der Waals surface area contributed by atoms with Gasteiger partial charge in [0.25, 0.3) is 20.2 Å². The van der Waals surface area contributed by atoms with Gasteiger partial charge in [-0.15, -0.1) is 11.8 Å². The van der Waals surface area contributed by atoms with Crippen molar-refractivity contribution in [1.82, 2.24) is 0 Å². The number of thioether (sulfide) groups is 1. The summed E-state index contributed by atoms with van der Waals surface area (Å²) in [7, 11) is -8.06. The highest BCUT2D eigenvalue weighted by atomic mass is 32.2. The zero-order valence-electron chi connectivity index (χ0n) is 32.3. The summed E-state index contributed by atoms with van der Waals surface area (Å²) in [5.41, 5.74) is 8.56. The second kappa shape index (κ2) is 17.8. The normalized spacial score (nSPS) is 19.6. The van der Waals surface area contributed by atoms with Gasteiger partial charge < -0.3 is 10.0 Å². The second-order valence-electron chi connectivity index (χ2n) is 15.6. The number of carboxylic acid groups (broad SMARTS) is 1. The quantitative estimate of drug-likeness (QED) is 0.0758. The number of unbranched alkanes of at least 4 members (excludes halogenated alkanes) is 2. The lowest BCUT2D eigenvalue weighted by Crippen LogP contribution is -2.28. The van der Waals surface area contributed by atoms with Crippen LogP contribution in [-0.4, -0.2) is 77.7 Å². The van der Waals surface area contributed by atoms with E-state index in [0.717, 1.165) is 47.0 Å². The molecule has 0 saturated heterocycles. The first-order valence-electron chi connectivity index (χ1n) is 19.1. The molecule has 3 aliphatic rings. The van der Waals surface area contributed by atoms with Crippen LogP contribution in [0.4, 0.5) is 11.4 Å². The summed E-state index contributed by atoms with van der Waals surface area (Å²) in [4.78, 5) is 14.8. The molecule has 0 bridgehead atoms. The standard InChI is InChI=1S/C42H54N2O8S3/c1-41(2)33-17-5-7-19-35(33)43(26-9-11-29-54(47,48)49)37(41)24-22-31-15-13-16-32(40(31)53-28-14-21-39(45)46)23-25-38-42(3,4)34-18-6-8-20-36(34)44(38)27-10-12-30-55(50,51)52/h5-8,17-20,22-25H,9-16,21,26-30H2,1-4H3,(H2-,45,46,47,48,49,50,51,52)/p+1. The molecule has 0 radical (unpaired) electrons. The molecule has 0 fully saturated rings. The van der Waals surface area contributed by atoms with Gasteiger partial charge in [0.15, 0.2) is 5.71 Å². The summed E-state index contributed by atoms with van der Waals surface area (Å²) in [5.74, 6) is -0.689. The van der Waals surface area contributed by atoms with Crippen molar-refractivity contribution in [2.45, 2.75) is 96.3 Å². The van der Waals surface area contributed by atoms with Gasteiger partial charge in [0.1, 0.15) is 6.54 Å². The van der Waals surface area contributed by atoms with E-state index in [0.29, 0.717) is 50.9 Å². The first-order chi connectivity index (χ1) is 25.9. The first kappa shape index (κ1) is 42.6. The highest BCUT2D eigenvalue weighted by Gasteiger charge is 2.44. The monoisotopic (exact) mass is 811 g/mol. The van der Waals surface area contributed by atoms with Crippen LogP contribution in [0.2, 0.25) is 0 Å². The van der Waals surface area contributed by atoms with Crippen LogP contribution in [0.1, 0.15) is 96.6 Å². The predicted molar refractivity (Wildman–Crippen MR) is 223 cm³/mol. The summed E-state index contributed by atoms with van der Waals surface area (Å²) in [6, 6.07) is 16.6. The number of para-hydroxylation sites is 2. The molecule has 0 atom stereocenters. The maximum Gasteiger partial charge on any atom is 0.303 e. The van der Waals surface area contributed by atoms with Crippen molar-refractivity contribution in [2.75, 3.05) is 35.2 Å². The van der Waals surface area contributed by atoms with Crippen LogP contribution in [0.15, 0.2) is 94.6 Å². The molecule has 3 N–H and O–H groups in total. The number of benzene rings is 2. The molecule has 2 heterocycles. The number of hydrogen-bond donors (Lipinski definition) is 3. The average molecular weight is 812 g/mol. The molecule has 13 heteroatoms. The van der Waals surface area contributed by atoms with Crippen LogP contribution >= 0.6 is 11.8 Å². The molecule has 10 nitrogen and oxygen atoms in total. The molecular weight excluding hydrogens is 757 g/mol. The summed E-state index contributed by atoms with van der Waals surface area (Å²) < 4.78 is 66.5. The maximum atomic E-state index is 11.4. The number of allylic oxidation sites excluding steroid dienone is 7. The van der Waals surface area contributed by atoms with Crippen molar-refractivity contribution in [3.8, 4) is 0 Å². The Hall–Kier alpha value is -3.49. The molecule has 298 valence electrons. The third-order valence-electron chi connectivity index (χ3n) is 10.8. The Kier molecular flexibility index (Phi) is 13.8. The lowest BCUT2D eigenvalue weighted by molar-refractivity contribution is -0.438. The molecule has 55 heavy (non-hydrogen) atoms. The van der Waals surface area contributed by atoms with Crippen molar-refractivity contribution in [3.05, 3.63) is 106 Å². The number of fused-ring (bicyclic) bond motifs is 2. The number of hydrogen-bond acceptors (Lipinski definition) is 7. The summed E-state index contributed by atoms with van der Waals surface area (Å²) in [6.07, 6.45) is 14.1. The molecule has 5 rings (SSSR count). The molecule has 0 unspecified atom stereocenters. The van der Waals surface area contributed by atoms with Crippen LogP contribution in [0.5, 0.6) is 0 Å². The van der Waals surface area contributed by atoms with Crippen LogP contribution < -0.4 is 4.90 Å². The minimum Gasteiger partial charge on any atom is -0.481 e. The van der Waals surface area contributed by atoms with Crippen LogP contribution in [0.25, 0.3) is 0 Å². The molecule has 0 aromatic heterocycles. The highest BCUT2D eigenvalue weighted by molar-refractivity contribution is 8.03. The zero-order valence-corrected chi connectivity index (χ0v) is 34.8. The predicted octanol–water partition coefficient (Wildman–Crippen LogP) is 8.60. The smallest absolute Gasteiger partial charge is 0.303 e. The Labute approximate surface area is 331 Å². The summed E-state index contributed by atoms with van der Waals surface area (Å²) in [6.45, 7) is 10.0. The third-order valence-corrected chi connectivity index (χ3v) is 13.7. The molecule has 2 aromatic rings. The molecule has 0 saturated carbocycles. The number of anilines is 1. The van der Waals surface area contributed by atoms with Crippen molar-refractivity contribution in [3.63, 3.8) is 0 Å². The van der Waals surface area contributed by atoms with Crippen LogP contribution in [0, 0.1) is 0 Å². The topological polar surface area (TPSA) is 152 Å². The Morgan fingerprint density at radius 1 is 0.818 bits per heavy atom. The van der Waals surface area contributed by atoms with Crippen molar-refractivity contribution in [1.29, 1.82) is 0 Å². The van der Waals surface area contributed by atoms with E-state index in [4.69, 9.17) is 0 Å². The molecule has 2 aromatic carbocycles. The summed E-state index contributed by atoms with van der Waals surface area (Å²) >= 11 is 1.70. The van der Waals surface area contributed by atoms with Gasteiger partial charge >= 0.3 is 5.97 Å².